The van der Waals surface area contributed by atoms with Crippen molar-refractivity contribution < 1.29 is 26.8 Å². The smallest absolute Gasteiger partial charge is 0.243 e. The largest absolute Gasteiger partial charge is 0.352 e. The molecule has 1 aliphatic rings. The lowest BCUT2D eigenvalue weighted by atomic mass is 10.2. The first-order valence-electron chi connectivity index (χ1n) is 9.80. The zero-order valence-corrected chi connectivity index (χ0v) is 17.6. The van der Waals surface area contributed by atoms with Crippen LogP contribution in [0.5, 0.6) is 0 Å². The molecule has 1 fully saturated rings. The Kier molecular flexibility index (Phi) is 7.34. The molecule has 7 nitrogen and oxygen atoms in total. The van der Waals surface area contributed by atoms with E-state index in [1.165, 1.54) is 21.3 Å². The summed E-state index contributed by atoms with van der Waals surface area (Å²) in [7, 11) is -3.60. The Bertz CT molecular complexity index is 1020. The van der Waals surface area contributed by atoms with E-state index in [0.29, 0.717) is 0 Å². The molecule has 0 atom stereocenters. The number of benzene rings is 2. The van der Waals surface area contributed by atoms with Gasteiger partial charge in [0.15, 0.2) is 0 Å². The fourth-order valence-corrected chi connectivity index (χ4v) is 4.74. The van der Waals surface area contributed by atoms with Crippen molar-refractivity contribution >= 4 is 21.8 Å². The number of carbonyl (C=O) groups is 2. The van der Waals surface area contributed by atoms with E-state index in [4.69, 9.17) is 0 Å². The van der Waals surface area contributed by atoms with Crippen LogP contribution in [0.3, 0.4) is 0 Å². The van der Waals surface area contributed by atoms with Gasteiger partial charge in [-0.2, -0.15) is 4.31 Å². The summed E-state index contributed by atoms with van der Waals surface area (Å²) in [5.41, 5.74) is 0.285. The molecule has 31 heavy (non-hydrogen) atoms. The maximum Gasteiger partial charge on any atom is 0.243 e. The van der Waals surface area contributed by atoms with Gasteiger partial charge in [-0.25, -0.2) is 17.2 Å². The number of sulfonamides is 1. The molecule has 1 heterocycles. The van der Waals surface area contributed by atoms with Crippen LogP contribution < -0.4 is 5.32 Å². The molecular weight excluding hydrogens is 428 g/mol. The zero-order valence-electron chi connectivity index (χ0n) is 16.8. The van der Waals surface area contributed by atoms with Crippen molar-refractivity contribution in [2.24, 2.45) is 0 Å². The minimum atomic E-state index is -3.60. The quantitative estimate of drug-likeness (QED) is 0.697. The molecular formula is C21H23F2N3O4S. The lowest BCUT2D eigenvalue weighted by Gasteiger charge is -2.34. The predicted octanol–water partition coefficient (Wildman–Crippen LogP) is 1.89. The third-order valence-corrected chi connectivity index (χ3v) is 6.86. The lowest BCUT2D eigenvalue weighted by Crippen LogP contribution is -2.50. The predicted molar refractivity (Wildman–Crippen MR) is 109 cm³/mol. The van der Waals surface area contributed by atoms with Crippen molar-refractivity contribution in [2.45, 2.75) is 24.3 Å². The van der Waals surface area contributed by atoms with Crippen LogP contribution >= 0.6 is 0 Å². The van der Waals surface area contributed by atoms with E-state index in [-0.39, 0.29) is 61.9 Å². The molecule has 0 bridgehead atoms. The van der Waals surface area contributed by atoms with E-state index in [0.717, 1.165) is 18.2 Å². The van der Waals surface area contributed by atoms with Crippen molar-refractivity contribution in [3.8, 4) is 0 Å². The highest BCUT2D eigenvalue weighted by molar-refractivity contribution is 7.89. The molecule has 0 spiro atoms. The van der Waals surface area contributed by atoms with E-state index in [1.807, 2.05) is 0 Å². The van der Waals surface area contributed by atoms with Gasteiger partial charge in [0.25, 0.3) is 0 Å². The average Bonchev–Trinajstić information content (AvgIpc) is 2.76. The number of nitrogens with one attached hydrogen (secondary N) is 1. The summed E-state index contributed by atoms with van der Waals surface area (Å²) < 4.78 is 52.9. The van der Waals surface area contributed by atoms with Gasteiger partial charge in [0.05, 0.1) is 4.90 Å². The molecule has 0 unspecified atom stereocenters. The van der Waals surface area contributed by atoms with Gasteiger partial charge in [-0.3, -0.25) is 9.59 Å². The van der Waals surface area contributed by atoms with E-state index < -0.39 is 27.6 Å². The molecule has 2 amide bonds. The van der Waals surface area contributed by atoms with Gasteiger partial charge >= 0.3 is 0 Å². The molecule has 166 valence electrons. The van der Waals surface area contributed by atoms with Gasteiger partial charge in [0.2, 0.25) is 21.8 Å². The first-order chi connectivity index (χ1) is 14.8. The van der Waals surface area contributed by atoms with E-state index in [9.17, 15) is 26.8 Å². The first kappa shape index (κ1) is 22.8. The lowest BCUT2D eigenvalue weighted by molar-refractivity contribution is -0.134. The van der Waals surface area contributed by atoms with E-state index in [2.05, 4.69) is 5.32 Å². The Morgan fingerprint density at radius 3 is 2.13 bits per heavy atom. The fourth-order valence-electron chi connectivity index (χ4n) is 3.30. The Morgan fingerprint density at radius 1 is 0.903 bits per heavy atom. The van der Waals surface area contributed by atoms with Crippen LogP contribution in [-0.4, -0.2) is 55.6 Å². The standard InChI is InChI=1S/C21H23F2N3O4S/c22-17-12-16(13-18(23)14-17)15-24-20(27)6-7-21(28)25-8-10-26(11-9-25)31(29,30)19-4-2-1-3-5-19/h1-5,12-14H,6-11,15H2,(H,24,27). The third-order valence-electron chi connectivity index (χ3n) is 4.95. The van der Waals surface area contributed by atoms with Crippen molar-refractivity contribution in [2.75, 3.05) is 26.2 Å². The van der Waals surface area contributed by atoms with Gasteiger partial charge in [0.1, 0.15) is 11.6 Å². The topological polar surface area (TPSA) is 86.8 Å². The molecule has 0 radical (unpaired) electrons. The van der Waals surface area contributed by atoms with Gasteiger partial charge in [-0.15, -0.1) is 0 Å². The summed E-state index contributed by atoms with van der Waals surface area (Å²) in [6.45, 7) is 0.808. The Labute approximate surface area is 179 Å². The van der Waals surface area contributed by atoms with Gasteiger partial charge < -0.3 is 10.2 Å². The normalized spacial score (nSPS) is 15.0. The summed E-state index contributed by atoms with van der Waals surface area (Å²) in [5, 5.41) is 2.53. The molecule has 1 N–H and O–H groups in total. The van der Waals surface area contributed by atoms with Crippen LogP contribution in [0.15, 0.2) is 53.4 Å². The highest BCUT2D eigenvalue weighted by Crippen LogP contribution is 2.17. The fraction of sp³-hybridized carbons (Fsp3) is 0.333. The van der Waals surface area contributed by atoms with Crippen LogP contribution in [0.2, 0.25) is 0 Å². The highest BCUT2D eigenvalue weighted by atomic mass is 32.2. The minimum Gasteiger partial charge on any atom is -0.352 e. The summed E-state index contributed by atoms with van der Waals surface area (Å²) in [5.74, 6) is -2.12. The monoisotopic (exact) mass is 451 g/mol. The number of carbonyl (C=O) groups excluding carboxylic acids is 2. The second-order valence-electron chi connectivity index (χ2n) is 7.15. The van der Waals surface area contributed by atoms with Crippen LogP contribution in [0, 0.1) is 11.6 Å². The maximum absolute atomic E-state index is 13.2. The van der Waals surface area contributed by atoms with E-state index >= 15 is 0 Å². The third kappa shape index (κ3) is 6.08. The Balaban J connectivity index is 1.43. The SMILES string of the molecule is O=C(CCC(=O)N1CCN(S(=O)(=O)c2ccccc2)CC1)NCc1cc(F)cc(F)c1. The summed E-state index contributed by atoms with van der Waals surface area (Å²) in [4.78, 5) is 26.1. The molecule has 10 heteroatoms. The number of hydrogen-bond acceptors (Lipinski definition) is 4. The number of rotatable bonds is 7. The number of piperazine rings is 1. The molecule has 1 saturated heterocycles. The van der Waals surface area contributed by atoms with Gasteiger partial charge in [-0.05, 0) is 29.8 Å². The summed E-state index contributed by atoms with van der Waals surface area (Å²) in [6.07, 6.45) is -0.103. The molecule has 2 aromatic rings. The summed E-state index contributed by atoms with van der Waals surface area (Å²) in [6, 6.07) is 11.1. The first-order valence-corrected chi connectivity index (χ1v) is 11.2. The van der Waals surface area contributed by atoms with E-state index in [1.54, 1.807) is 18.2 Å². The number of amides is 2. The zero-order chi connectivity index (χ0) is 22.4. The van der Waals surface area contributed by atoms with Crippen LogP contribution in [0.25, 0.3) is 0 Å². The van der Waals surface area contributed by atoms with Crippen LogP contribution in [0.1, 0.15) is 18.4 Å². The molecule has 3 rings (SSSR count). The molecule has 0 aliphatic carbocycles. The van der Waals surface area contributed by atoms with Crippen molar-refractivity contribution in [3.05, 3.63) is 65.7 Å². The molecule has 0 aromatic heterocycles. The van der Waals surface area contributed by atoms with Crippen LogP contribution in [-0.2, 0) is 26.2 Å². The molecule has 1 aliphatic heterocycles. The number of hydrogen-bond donors (Lipinski definition) is 1. The van der Waals surface area contributed by atoms with Gasteiger partial charge in [-0.1, -0.05) is 18.2 Å². The van der Waals surface area contributed by atoms with Crippen molar-refractivity contribution in [3.63, 3.8) is 0 Å². The van der Waals surface area contributed by atoms with Crippen LogP contribution in [0.4, 0.5) is 8.78 Å². The average molecular weight is 451 g/mol. The number of nitrogens with zero attached hydrogens (tertiary/aromatic N) is 2. The second-order valence-corrected chi connectivity index (χ2v) is 9.09. The summed E-state index contributed by atoms with van der Waals surface area (Å²) >= 11 is 0. The van der Waals surface area contributed by atoms with Gasteiger partial charge in [0, 0.05) is 51.6 Å². The molecule has 0 saturated carbocycles. The highest BCUT2D eigenvalue weighted by Gasteiger charge is 2.29. The maximum atomic E-state index is 13.2. The number of halogens is 2. The minimum absolute atomic E-state index is 0.0330. The van der Waals surface area contributed by atoms with Crippen molar-refractivity contribution in [1.82, 2.24) is 14.5 Å². The van der Waals surface area contributed by atoms with Crippen molar-refractivity contribution in [1.29, 1.82) is 0 Å². The Hall–Kier alpha value is -2.85. The second kappa shape index (κ2) is 9.97. The Morgan fingerprint density at radius 2 is 1.52 bits per heavy atom. The molecule has 2 aromatic carbocycles.